The first kappa shape index (κ1) is 14.7. The van der Waals surface area contributed by atoms with Crippen molar-refractivity contribution >= 4 is 56.4 Å². The van der Waals surface area contributed by atoms with E-state index < -0.39 is 0 Å². The number of anilines is 2. The molecular formula is C15H11BrCl2N2O. The van der Waals surface area contributed by atoms with Crippen molar-refractivity contribution in [1.82, 2.24) is 0 Å². The summed E-state index contributed by atoms with van der Waals surface area (Å²) in [5.74, 6) is -0.204. The maximum Gasteiger partial charge on any atom is 0.255 e. The summed E-state index contributed by atoms with van der Waals surface area (Å²) in [6.45, 7) is 0.911. The third kappa shape index (κ3) is 2.89. The molecule has 21 heavy (non-hydrogen) atoms. The molecular weight excluding hydrogens is 375 g/mol. The van der Waals surface area contributed by atoms with Crippen molar-refractivity contribution in [2.24, 2.45) is 0 Å². The van der Waals surface area contributed by atoms with E-state index in [-0.39, 0.29) is 5.91 Å². The summed E-state index contributed by atoms with van der Waals surface area (Å²) in [6, 6.07) is 9.08. The second-order valence-corrected chi connectivity index (χ2v) is 6.34. The van der Waals surface area contributed by atoms with Gasteiger partial charge in [-0.1, -0.05) is 23.2 Å². The number of carbonyl (C=O) groups is 1. The summed E-state index contributed by atoms with van der Waals surface area (Å²) in [6.07, 6.45) is 0.932. The molecule has 0 atom stereocenters. The quantitative estimate of drug-likeness (QED) is 0.716. The number of carbonyl (C=O) groups excluding carboxylic acids is 1. The van der Waals surface area contributed by atoms with Crippen LogP contribution in [0.3, 0.4) is 0 Å². The van der Waals surface area contributed by atoms with Crippen LogP contribution in [-0.4, -0.2) is 12.5 Å². The lowest BCUT2D eigenvalue weighted by molar-refractivity contribution is 0.102. The standard InChI is InChI=1S/C15H11BrCl2N2O/c16-10-2-4-12(14(18)13(10)17)20-15(21)9-1-3-11-8(7-9)5-6-19-11/h1-4,7,19H,5-6H2,(H,20,21). The molecule has 1 aliphatic rings. The molecule has 0 aliphatic carbocycles. The molecule has 0 saturated heterocycles. The molecule has 0 aromatic heterocycles. The number of hydrogen-bond acceptors (Lipinski definition) is 2. The molecule has 2 aromatic rings. The van der Waals surface area contributed by atoms with E-state index in [0.717, 1.165) is 24.2 Å². The highest BCUT2D eigenvalue weighted by Crippen LogP contribution is 2.36. The number of hydrogen-bond donors (Lipinski definition) is 2. The maximum atomic E-state index is 12.3. The highest BCUT2D eigenvalue weighted by Gasteiger charge is 2.15. The van der Waals surface area contributed by atoms with Crippen LogP contribution >= 0.6 is 39.1 Å². The lowest BCUT2D eigenvalue weighted by Gasteiger charge is -2.10. The Bertz CT molecular complexity index is 734. The van der Waals surface area contributed by atoms with Gasteiger partial charge in [-0.25, -0.2) is 0 Å². The largest absolute Gasteiger partial charge is 0.384 e. The fraction of sp³-hybridized carbons (Fsp3) is 0.133. The van der Waals surface area contributed by atoms with Crippen molar-refractivity contribution in [3.8, 4) is 0 Å². The molecule has 2 N–H and O–H groups in total. The number of benzene rings is 2. The molecule has 0 saturated carbocycles. The molecule has 0 spiro atoms. The maximum absolute atomic E-state index is 12.3. The topological polar surface area (TPSA) is 41.1 Å². The van der Waals surface area contributed by atoms with Crippen LogP contribution in [0.1, 0.15) is 15.9 Å². The Morgan fingerprint density at radius 2 is 2.00 bits per heavy atom. The Balaban J connectivity index is 1.85. The smallest absolute Gasteiger partial charge is 0.255 e. The number of nitrogens with one attached hydrogen (secondary N) is 2. The molecule has 108 valence electrons. The fourth-order valence-electron chi connectivity index (χ4n) is 2.26. The minimum atomic E-state index is -0.204. The van der Waals surface area contributed by atoms with Gasteiger partial charge in [-0.2, -0.15) is 0 Å². The summed E-state index contributed by atoms with van der Waals surface area (Å²) >= 11 is 15.5. The normalized spacial score (nSPS) is 12.7. The highest BCUT2D eigenvalue weighted by atomic mass is 79.9. The van der Waals surface area contributed by atoms with E-state index in [4.69, 9.17) is 23.2 Å². The molecule has 3 rings (SSSR count). The average molecular weight is 386 g/mol. The van der Waals surface area contributed by atoms with Crippen LogP contribution in [0.5, 0.6) is 0 Å². The van der Waals surface area contributed by atoms with Gasteiger partial charge in [0.25, 0.3) is 5.91 Å². The second-order valence-electron chi connectivity index (χ2n) is 4.73. The van der Waals surface area contributed by atoms with Gasteiger partial charge in [0.1, 0.15) is 0 Å². The molecule has 6 heteroatoms. The lowest BCUT2D eigenvalue weighted by Crippen LogP contribution is -2.12. The van der Waals surface area contributed by atoms with Crippen LogP contribution in [0.15, 0.2) is 34.8 Å². The van der Waals surface area contributed by atoms with Crippen LogP contribution in [0, 0.1) is 0 Å². The van der Waals surface area contributed by atoms with Crippen molar-refractivity contribution < 1.29 is 4.79 Å². The predicted molar refractivity (Wildman–Crippen MR) is 90.8 cm³/mol. The van der Waals surface area contributed by atoms with Crippen molar-refractivity contribution in [3.05, 3.63) is 56.0 Å². The summed E-state index contributed by atoms with van der Waals surface area (Å²) in [5, 5.41) is 6.76. The minimum absolute atomic E-state index is 0.204. The van der Waals surface area contributed by atoms with Crippen molar-refractivity contribution in [2.75, 3.05) is 17.2 Å². The van der Waals surface area contributed by atoms with Gasteiger partial charge in [-0.3, -0.25) is 4.79 Å². The first-order valence-corrected chi connectivity index (χ1v) is 7.93. The van der Waals surface area contributed by atoms with Gasteiger partial charge in [-0.15, -0.1) is 0 Å². The molecule has 2 aromatic carbocycles. The molecule has 1 amide bonds. The van der Waals surface area contributed by atoms with Crippen LogP contribution in [-0.2, 0) is 6.42 Å². The molecule has 0 fully saturated rings. The molecule has 0 radical (unpaired) electrons. The van der Waals surface area contributed by atoms with E-state index in [0.29, 0.717) is 25.8 Å². The number of amides is 1. The van der Waals surface area contributed by atoms with E-state index in [9.17, 15) is 4.79 Å². The van der Waals surface area contributed by atoms with E-state index in [1.165, 1.54) is 0 Å². The predicted octanol–water partition coefficient (Wildman–Crippen LogP) is 4.98. The molecule has 3 nitrogen and oxygen atoms in total. The zero-order valence-electron chi connectivity index (χ0n) is 10.8. The van der Waals surface area contributed by atoms with Crippen molar-refractivity contribution in [1.29, 1.82) is 0 Å². The Morgan fingerprint density at radius 3 is 2.81 bits per heavy atom. The number of halogens is 3. The monoisotopic (exact) mass is 384 g/mol. The fourth-order valence-corrected chi connectivity index (χ4v) is 3.08. The van der Waals surface area contributed by atoms with E-state index in [1.54, 1.807) is 18.2 Å². The van der Waals surface area contributed by atoms with E-state index >= 15 is 0 Å². The number of rotatable bonds is 2. The Morgan fingerprint density at radius 1 is 1.19 bits per heavy atom. The highest BCUT2D eigenvalue weighted by molar-refractivity contribution is 9.10. The third-order valence-electron chi connectivity index (χ3n) is 3.36. The summed E-state index contributed by atoms with van der Waals surface area (Å²) in [4.78, 5) is 12.3. The average Bonchev–Trinajstić information content (AvgIpc) is 2.95. The van der Waals surface area contributed by atoms with Crippen molar-refractivity contribution in [3.63, 3.8) is 0 Å². The van der Waals surface area contributed by atoms with Crippen LogP contribution < -0.4 is 10.6 Å². The first-order chi connectivity index (χ1) is 10.1. The van der Waals surface area contributed by atoms with Crippen LogP contribution in [0.4, 0.5) is 11.4 Å². The summed E-state index contributed by atoms with van der Waals surface area (Å²) in [7, 11) is 0. The van der Waals surface area contributed by atoms with Crippen LogP contribution in [0.2, 0.25) is 10.0 Å². The van der Waals surface area contributed by atoms with Gasteiger partial charge >= 0.3 is 0 Å². The lowest BCUT2D eigenvalue weighted by atomic mass is 10.1. The van der Waals surface area contributed by atoms with Crippen molar-refractivity contribution in [2.45, 2.75) is 6.42 Å². The van der Waals surface area contributed by atoms with E-state index in [2.05, 4.69) is 26.6 Å². The van der Waals surface area contributed by atoms with Gasteiger partial charge in [0.15, 0.2) is 0 Å². The van der Waals surface area contributed by atoms with Crippen LogP contribution in [0.25, 0.3) is 0 Å². The van der Waals surface area contributed by atoms with Gasteiger partial charge in [0.05, 0.1) is 15.7 Å². The van der Waals surface area contributed by atoms with E-state index in [1.807, 2.05) is 12.1 Å². The molecule has 1 heterocycles. The Hall–Kier alpha value is -1.23. The third-order valence-corrected chi connectivity index (χ3v) is 5.13. The summed E-state index contributed by atoms with van der Waals surface area (Å²) in [5.41, 5.74) is 3.35. The Kier molecular flexibility index (Phi) is 4.11. The van der Waals surface area contributed by atoms with Gasteiger partial charge in [-0.05, 0) is 58.2 Å². The molecule has 1 aliphatic heterocycles. The van der Waals surface area contributed by atoms with Gasteiger partial charge in [0.2, 0.25) is 0 Å². The SMILES string of the molecule is O=C(Nc1ccc(Br)c(Cl)c1Cl)c1ccc2c(c1)CCN2. The zero-order chi connectivity index (χ0) is 15.0. The second kappa shape index (κ2) is 5.87. The molecule has 0 unspecified atom stereocenters. The minimum Gasteiger partial charge on any atom is -0.384 e. The van der Waals surface area contributed by atoms with Gasteiger partial charge < -0.3 is 10.6 Å². The van der Waals surface area contributed by atoms with Gasteiger partial charge in [0, 0.05) is 22.3 Å². The zero-order valence-corrected chi connectivity index (χ0v) is 13.9. The summed E-state index contributed by atoms with van der Waals surface area (Å²) < 4.78 is 0.691. The Labute approximate surface area is 140 Å². The first-order valence-electron chi connectivity index (χ1n) is 6.38. The number of fused-ring (bicyclic) bond motifs is 1. The molecule has 0 bridgehead atoms.